The van der Waals surface area contributed by atoms with Crippen LogP contribution in [0.3, 0.4) is 0 Å². The van der Waals surface area contributed by atoms with Crippen LogP contribution in [0.4, 0.5) is 0 Å². The maximum absolute atomic E-state index is 6.10. The van der Waals surface area contributed by atoms with E-state index in [9.17, 15) is 0 Å². The van der Waals surface area contributed by atoms with E-state index in [2.05, 4.69) is 25.3 Å². The topological polar surface area (TPSA) is 97.1 Å². The van der Waals surface area contributed by atoms with E-state index in [1.807, 2.05) is 61.5 Å². The Labute approximate surface area is 176 Å². The molecule has 0 radical (unpaired) electrons. The molecule has 3 aromatic rings. The van der Waals surface area contributed by atoms with E-state index in [4.69, 9.17) is 14.2 Å². The molecule has 0 aliphatic rings. The van der Waals surface area contributed by atoms with Crippen LogP contribution in [-0.2, 0) is 7.05 Å². The van der Waals surface area contributed by atoms with Gasteiger partial charge in [0.05, 0.1) is 17.1 Å². The molecule has 9 nitrogen and oxygen atoms in total. The van der Waals surface area contributed by atoms with Crippen molar-refractivity contribution < 1.29 is 14.2 Å². The maximum Gasteiger partial charge on any atom is 0.320 e. The minimum Gasteiger partial charge on any atom is -0.473 e. The summed E-state index contributed by atoms with van der Waals surface area (Å²) < 4.78 is 19.4. The van der Waals surface area contributed by atoms with Crippen LogP contribution in [0.5, 0.6) is 17.8 Å². The fraction of sp³-hybridized carbons (Fsp3) is 0.571. The van der Waals surface area contributed by atoms with E-state index in [1.54, 1.807) is 17.9 Å². The zero-order valence-corrected chi connectivity index (χ0v) is 19.1. The van der Waals surface area contributed by atoms with Gasteiger partial charge in [0.1, 0.15) is 16.9 Å². The van der Waals surface area contributed by atoms with Crippen molar-refractivity contribution in [2.75, 3.05) is 0 Å². The Bertz CT molecular complexity index is 1050. The van der Waals surface area contributed by atoms with Gasteiger partial charge >= 0.3 is 6.01 Å². The molecule has 0 unspecified atom stereocenters. The summed E-state index contributed by atoms with van der Waals surface area (Å²) in [6.45, 7) is 15.6. The molecule has 9 heteroatoms. The number of ether oxygens (including phenoxy) is 3. The first-order chi connectivity index (χ1) is 13.8. The number of aryl methyl sites for hydroxylation is 1. The molecule has 0 bridgehead atoms. The molecule has 0 aliphatic heterocycles. The molecule has 162 valence electrons. The van der Waals surface area contributed by atoms with Crippen LogP contribution < -0.4 is 14.2 Å². The van der Waals surface area contributed by atoms with Crippen LogP contribution in [0.2, 0.25) is 0 Å². The molecule has 0 N–H and O–H groups in total. The molecule has 0 saturated carbocycles. The van der Waals surface area contributed by atoms with Crippen LogP contribution >= 0.6 is 0 Å². The van der Waals surface area contributed by atoms with Gasteiger partial charge in [0.25, 0.3) is 0 Å². The summed E-state index contributed by atoms with van der Waals surface area (Å²) in [6, 6.07) is 2.11. The van der Waals surface area contributed by atoms with Gasteiger partial charge in [0, 0.05) is 13.2 Å². The van der Waals surface area contributed by atoms with Crippen molar-refractivity contribution in [1.29, 1.82) is 0 Å². The SMILES string of the molecule is CC(C)Oc1nn(C)c2nnc(-c3cnc(OC(C)(C)C)nc3OC(C)(C)C)cc12. The second kappa shape index (κ2) is 7.70. The summed E-state index contributed by atoms with van der Waals surface area (Å²) in [4.78, 5) is 8.85. The summed E-state index contributed by atoms with van der Waals surface area (Å²) >= 11 is 0. The zero-order valence-electron chi connectivity index (χ0n) is 19.1. The molecule has 30 heavy (non-hydrogen) atoms. The van der Waals surface area contributed by atoms with Crippen LogP contribution in [0.25, 0.3) is 22.3 Å². The molecule has 0 spiro atoms. The fourth-order valence-corrected chi connectivity index (χ4v) is 2.68. The third-order valence-corrected chi connectivity index (χ3v) is 3.71. The lowest BCUT2D eigenvalue weighted by molar-refractivity contribution is 0.103. The lowest BCUT2D eigenvalue weighted by Crippen LogP contribution is -2.26. The first-order valence-corrected chi connectivity index (χ1v) is 9.95. The molecule has 3 heterocycles. The van der Waals surface area contributed by atoms with E-state index in [1.165, 1.54) is 0 Å². The quantitative estimate of drug-likeness (QED) is 0.619. The van der Waals surface area contributed by atoms with Crippen LogP contribution in [0, 0.1) is 0 Å². The first kappa shape index (κ1) is 21.7. The van der Waals surface area contributed by atoms with Gasteiger partial charge in [-0.05, 0) is 61.5 Å². The van der Waals surface area contributed by atoms with Crippen molar-refractivity contribution in [3.63, 3.8) is 0 Å². The average molecular weight is 415 g/mol. The number of rotatable bonds is 5. The van der Waals surface area contributed by atoms with E-state index in [0.29, 0.717) is 28.7 Å². The molecule has 0 saturated heterocycles. The highest BCUT2D eigenvalue weighted by molar-refractivity contribution is 5.84. The van der Waals surface area contributed by atoms with Gasteiger partial charge in [-0.15, -0.1) is 15.3 Å². The van der Waals surface area contributed by atoms with Crippen molar-refractivity contribution in [1.82, 2.24) is 29.9 Å². The second-order valence-electron chi connectivity index (χ2n) is 9.36. The summed E-state index contributed by atoms with van der Waals surface area (Å²) in [7, 11) is 1.81. The monoisotopic (exact) mass is 414 g/mol. The van der Waals surface area contributed by atoms with Crippen LogP contribution in [0.15, 0.2) is 12.3 Å². The molecule has 0 fully saturated rings. The van der Waals surface area contributed by atoms with Gasteiger partial charge in [0.2, 0.25) is 11.8 Å². The second-order valence-corrected chi connectivity index (χ2v) is 9.36. The summed E-state index contributed by atoms with van der Waals surface area (Å²) in [5.41, 5.74) is 0.893. The van der Waals surface area contributed by atoms with Crippen molar-refractivity contribution in [3.05, 3.63) is 12.3 Å². The highest BCUT2D eigenvalue weighted by Gasteiger charge is 2.23. The molecule has 3 rings (SSSR count). The number of hydrogen-bond donors (Lipinski definition) is 0. The van der Waals surface area contributed by atoms with E-state index in [-0.39, 0.29) is 12.1 Å². The lowest BCUT2D eigenvalue weighted by Gasteiger charge is -2.24. The smallest absolute Gasteiger partial charge is 0.320 e. The fourth-order valence-electron chi connectivity index (χ4n) is 2.68. The maximum atomic E-state index is 6.10. The largest absolute Gasteiger partial charge is 0.473 e. The molecule has 3 aromatic heterocycles. The third kappa shape index (κ3) is 5.14. The number of aromatic nitrogens is 6. The predicted octanol–water partition coefficient (Wildman–Crippen LogP) is 3.96. The number of fused-ring (bicyclic) bond motifs is 1. The van der Waals surface area contributed by atoms with Gasteiger partial charge in [-0.1, -0.05) is 0 Å². The predicted molar refractivity (Wildman–Crippen MR) is 114 cm³/mol. The summed E-state index contributed by atoms with van der Waals surface area (Å²) in [6.07, 6.45) is 1.63. The van der Waals surface area contributed by atoms with Gasteiger partial charge < -0.3 is 14.2 Å². The standard InChI is InChI=1S/C21H30N6O3/c1-12(2)28-18-13-10-15(24-25-16(13)27(9)26-18)14-11-22-19(30-21(6,7)8)23-17(14)29-20(3,4)5/h10-12H,1-9H3. The van der Waals surface area contributed by atoms with E-state index in [0.717, 1.165) is 5.39 Å². The normalized spacial score (nSPS) is 12.5. The van der Waals surface area contributed by atoms with Crippen LogP contribution in [-0.4, -0.2) is 47.3 Å². The highest BCUT2D eigenvalue weighted by atomic mass is 16.5. The van der Waals surface area contributed by atoms with Gasteiger partial charge in [-0.2, -0.15) is 4.98 Å². The molecule has 0 atom stereocenters. The van der Waals surface area contributed by atoms with E-state index >= 15 is 0 Å². The van der Waals surface area contributed by atoms with E-state index < -0.39 is 11.2 Å². The number of nitrogens with zero attached hydrogens (tertiary/aromatic N) is 6. The van der Waals surface area contributed by atoms with Gasteiger partial charge in [-0.3, -0.25) is 0 Å². The van der Waals surface area contributed by atoms with Crippen molar-refractivity contribution in [2.24, 2.45) is 7.05 Å². The van der Waals surface area contributed by atoms with Gasteiger partial charge in [-0.25, -0.2) is 9.67 Å². The first-order valence-electron chi connectivity index (χ1n) is 9.95. The van der Waals surface area contributed by atoms with Crippen molar-refractivity contribution >= 4 is 11.0 Å². The minimum absolute atomic E-state index is 0.0170. The molecule has 0 aliphatic carbocycles. The minimum atomic E-state index is -0.472. The molecule has 0 aromatic carbocycles. The Morgan fingerprint density at radius 3 is 2.20 bits per heavy atom. The average Bonchev–Trinajstić information content (AvgIpc) is 2.87. The van der Waals surface area contributed by atoms with Crippen molar-refractivity contribution in [3.8, 4) is 29.0 Å². The highest BCUT2D eigenvalue weighted by Crippen LogP contribution is 2.33. The Kier molecular flexibility index (Phi) is 5.58. The Hall–Kier alpha value is -2.97. The summed E-state index contributed by atoms with van der Waals surface area (Å²) in [5.74, 6) is 0.881. The zero-order chi connectivity index (χ0) is 22.3. The third-order valence-electron chi connectivity index (χ3n) is 3.71. The Morgan fingerprint density at radius 2 is 1.60 bits per heavy atom. The lowest BCUT2D eigenvalue weighted by atomic mass is 10.1. The number of hydrogen-bond acceptors (Lipinski definition) is 8. The van der Waals surface area contributed by atoms with Gasteiger partial charge in [0.15, 0.2) is 5.65 Å². The molecular formula is C21H30N6O3. The Morgan fingerprint density at radius 1 is 0.933 bits per heavy atom. The summed E-state index contributed by atoms with van der Waals surface area (Å²) in [5, 5.41) is 13.9. The van der Waals surface area contributed by atoms with Crippen molar-refractivity contribution in [2.45, 2.75) is 72.7 Å². The molecule has 0 amide bonds. The van der Waals surface area contributed by atoms with Crippen LogP contribution in [0.1, 0.15) is 55.4 Å². The Balaban J connectivity index is 2.12. The molecular weight excluding hydrogens is 384 g/mol.